The quantitative estimate of drug-likeness (QED) is 0.857. The van der Waals surface area contributed by atoms with Gasteiger partial charge in [0.15, 0.2) is 0 Å². The average molecular weight is 249 g/mol. The zero-order chi connectivity index (χ0) is 13.0. The number of amides is 1. The van der Waals surface area contributed by atoms with Crippen LogP contribution in [-0.4, -0.2) is 42.0 Å². The second-order valence-corrected chi connectivity index (χ2v) is 4.59. The van der Waals surface area contributed by atoms with Crippen molar-refractivity contribution >= 4 is 5.91 Å². The predicted molar refractivity (Wildman–Crippen MR) is 68.3 cm³/mol. The fourth-order valence-electron chi connectivity index (χ4n) is 2.27. The minimum absolute atomic E-state index is 0.0429. The Hall–Kier alpha value is -1.62. The number of likely N-dealkylation sites (tertiary alicyclic amines) is 1. The molecular formula is C13H19N3O2. The lowest BCUT2D eigenvalue weighted by Gasteiger charge is -2.16. The van der Waals surface area contributed by atoms with E-state index in [0.717, 1.165) is 31.7 Å². The SMILES string of the molecule is COc1cccc(CN2CCC(NC(C)=O)C2)n1. The number of nitrogens with zero attached hydrogens (tertiary/aromatic N) is 2. The van der Waals surface area contributed by atoms with Crippen LogP contribution in [0.4, 0.5) is 0 Å². The van der Waals surface area contributed by atoms with Gasteiger partial charge in [-0.2, -0.15) is 0 Å². The van der Waals surface area contributed by atoms with Crippen LogP contribution in [-0.2, 0) is 11.3 Å². The van der Waals surface area contributed by atoms with Crippen molar-refractivity contribution in [2.45, 2.75) is 25.9 Å². The Morgan fingerprint density at radius 2 is 2.44 bits per heavy atom. The van der Waals surface area contributed by atoms with Crippen LogP contribution in [0.1, 0.15) is 19.0 Å². The molecule has 5 heteroatoms. The third-order valence-electron chi connectivity index (χ3n) is 3.06. The molecule has 1 aromatic heterocycles. The summed E-state index contributed by atoms with van der Waals surface area (Å²) in [6, 6.07) is 6.05. The third kappa shape index (κ3) is 3.43. The van der Waals surface area contributed by atoms with E-state index in [2.05, 4.69) is 15.2 Å². The Morgan fingerprint density at radius 1 is 1.61 bits per heavy atom. The van der Waals surface area contributed by atoms with E-state index in [1.807, 2.05) is 18.2 Å². The van der Waals surface area contributed by atoms with Gasteiger partial charge in [0.25, 0.3) is 0 Å². The van der Waals surface area contributed by atoms with Gasteiger partial charge in [-0.25, -0.2) is 4.98 Å². The molecule has 2 rings (SSSR count). The third-order valence-corrected chi connectivity index (χ3v) is 3.06. The lowest BCUT2D eigenvalue weighted by Crippen LogP contribution is -2.35. The number of ether oxygens (including phenoxy) is 1. The van der Waals surface area contributed by atoms with Crippen LogP contribution in [0.15, 0.2) is 18.2 Å². The molecule has 1 unspecified atom stereocenters. The fourth-order valence-corrected chi connectivity index (χ4v) is 2.27. The van der Waals surface area contributed by atoms with Crippen molar-refractivity contribution in [3.8, 4) is 5.88 Å². The number of carbonyl (C=O) groups is 1. The molecule has 1 atom stereocenters. The van der Waals surface area contributed by atoms with E-state index in [0.29, 0.717) is 5.88 Å². The van der Waals surface area contributed by atoms with Crippen LogP contribution >= 0.6 is 0 Å². The number of aromatic nitrogens is 1. The second kappa shape index (κ2) is 5.82. The van der Waals surface area contributed by atoms with Crippen molar-refractivity contribution in [2.24, 2.45) is 0 Å². The molecule has 0 saturated carbocycles. The molecule has 98 valence electrons. The van der Waals surface area contributed by atoms with Crippen LogP contribution in [0.25, 0.3) is 0 Å². The molecule has 1 aliphatic heterocycles. The Morgan fingerprint density at radius 3 is 3.17 bits per heavy atom. The first-order valence-corrected chi connectivity index (χ1v) is 6.17. The van der Waals surface area contributed by atoms with E-state index in [9.17, 15) is 4.79 Å². The number of hydrogen-bond donors (Lipinski definition) is 1. The monoisotopic (exact) mass is 249 g/mol. The molecule has 0 spiro atoms. The molecule has 0 aromatic carbocycles. The molecule has 2 heterocycles. The molecule has 0 radical (unpaired) electrons. The molecule has 1 aliphatic rings. The first-order valence-electron chi connectivity index (χ1n) is 6.17. The molecule has 0 aliphatic carbocycles. The molecule has 1 fully saturated rings. The van der Waals surface area contributed by atoms with Crippen molar-refractivity contribution < 1.29 is 9.53 Å². The van der Waals surface area contributed by atoms with Crippen LogP contribution in [0.3, 0.4) is 0 Å². The maximum absolute atomic E-state index is 11.0. The van der Waals surface area contributed by atoms with E-state index in [4.69, 9.17) is 4.74 Å². The smallest absolute Gasteiger partial charge is 0.217 e. The average Bonchev–Trinajstić information content (AvgIpc) is 2.76. The van der Waals surface area contributed by atoms with Crippen LogP contribution < -0.4 is 10.1 Å². The Bertz CT molecular complexity index is 422. The second-order valence-electron chi connectivity index (χ2n) is 4.59. The van der Waals surface area contributed by atoms with Crippen LogP contribution in [0.2, 0.25) is 0 Å². The Kier molecular flexibility index (Phi) is 4.15. The van der Waals surface area contributed by atoms with E-state index >= 15 is 0 Å². The van der Waals surface area contributed by atoms with Crippen LogP contribution in [0, 0.1) is 0 Å². The molecule has 1 saturated heterocycles. The van der Waals surface area contributed by atoms with Crippen molar-refractivity contribution in [3.63, 3.8) is 0 Å². The highest BCUT2D eigenvalue weighted by Gasteiger charge is 2.23. The number of rotatable bonds is 4. The van der Waals surface area contributed by atoms with Gasteiger partial charge in [0.1, 0.15) is 0 Å². The zero-order valence-electron chi connectivity index (χ0n) is 10.8. The fraction of sp³-hybridized carbons (Fsp3) is 0.538. The van der Waals surface area contributed by atoms with Crippen molar-refractivity contribution in [3.05, 3.63) is 23.9 Å². The van der Waals surface area contributed by atoms with Gasteiger partial charge in [-0.15, -0.1) is 0 Å². The Balaban J connectivity index is 1.88. The summed E-state index contributed by atoms with van der Waals surface area (Å²) in [4.78, 5) is 17.7. The highest BCUT2D eigenvalue weighted by molar-refractivity contribution is 5.73. The number of hydrogen-bond acceptors (Lipinski definition) is 4. The standard InChI is InChI=1S/C13H19N3O2/c1-10(17)14-12-6-7-16(9-12)8-11-4-3-5-13(15-11)18-2/h3-5,12H,6-9H2,1-2H3,(H,14,17). The summed E-state index contributed by atoms with van der Waals surface area (Å²) in [6.45, 7) is 4.24. The summed E-state index contributed by atoms with van der Waals surface area (Å²) in [5.74, 6) is 0.687. The molecule has 0 bridgehead atoms. The number of pyridine rings is 1. The zero-order valence-corrected chi connectivity index (χ0v) is 10.8. The van der Waals surface area contributed by atoms with Gasteiger partial charge in [-0.05, 0) is 12.5 Å². The van der Waals surface area contributed by atoms with Gasteiger partial charge in [0.2, 0.25) is 11.8 Å². The molecule has 5 nitrogen and oxygen atoms in total. The number of carbonyl (C=O) groups excluding carboxylic acids is 1. The van der Waals surface area contributed by atoms with Crippen molar-refractivity contribution in [1.29, 1.82) is 0 Å². The van der Waals surface area contributed by atoms with Crippen molar-refractivity contribution in [1.82, 2.24) is 15.2 Å². The number of nitrogens with one attached hydrogen (secondary N) is 1. The lowest BCUT2D eigenvalue weighted by molar-refractivity contribution is -0.119. The molecule has 1 N–H and O–H groups in total. The van der Waals surface area contributed by atoms with E-state index < -0.39 is 0 Å². The largest absolute Gasteiger partial charge is 0.481 e. The highest BCUT2D eigenvalue weighted by atomic mass is 16.5. The molecule has 1 aromatic rings. The normalized spacial score (nSPS) is 19.8. The Labute approximate surface area is 107 Å². The summed E-state index contributed by atoms with van der Waals surface area (Å²) in [5, 5.41) is 2.95. The van der Waals surface area contributed by atoms with Crippen molar-refractivity contribution in [2.75, 3.05) is 20.2 Å². The summed E-state index contributed by atoms with van der Waals surface area (Å²) >= 11 is 0. The highest BCUT2D eigenvalue weighted by Crippen LogP contribution is 2.14. The summed E-state index contributed by atoms with van der Waals surface area (Å²) in [6.07, 6.45) is 1.00. The maximum Gasteiger partial charge on any atom is 0.217 e. The number of methoxy groups -OCH3 is 1. The minimum atomic E-state index is 0.0429. The predicted octanol–water partition coefficient (Wildman–Crippen LogP) is 0.801. The minimum Gasteiger partial charge on any atom is -0.481 e. The van der Waals surface area contributed by atoms with Gasteiger partial charge in [-0.1, -0.05) is 6.07 Å². The summed E-state index contributed by atoms with van der Waals surface area (Å²) < 4.78 is 5.11. The van der Waals surface area contributed by atoms with Gasteiger partial charge in [0.05, 0.1) is 12.8 Å². The molecule has 18 heavy (non-hydrogen) atoms. The van der Waals surface area contributed by atoms with E-state index in [1.165, 1.54) is 0 Å². The van der Waals surface area contributed by atoms with E-state index in [1.54, 1.807) is 14.0 Å². The van der Waals surface area contributed by atoms with Gasteiger partial charge in [0, 0.05) is 38.7 Å². The first-order chi connectivity index (χ1) is 8.67. The summed E-state index contributed by atoms with van der Waals surface area (Å²) in [5.41, 5.74) is 0.998. The van der Waals surface area contributed by atoms with Gasteiger partial charge in [-0.3, -0.25) is 9.69 Å². The molecule has 1 amide bonds. The van der Waals surface area contributed by atoms with Gasteiger partial charge < -0.3 is 10.1 Å². The maximum atomic E-state index is 11.0. The van der Waals surface area contributed by atoms with E-state index in [-0.39, 0.29) is 11.9 Å². The molecular weight excluding hydrogens is 230 g/mol. The topological polar surface area (TPSA) is 54.5 Å². The van der Waals surface area contributed by atoms with Crippen LogP contribution in [0.5, 0.6) is 5.88 Å². The lowest BCUT2D eigenvalue weighted by atomic mass is 10.2. The first kappa shape index (κ1) is 12.8. The summed E-state index contributed by atoms with van der Waals surface area (Å²) in [7, 11) is 1.62. The van der Waals surface area contributed by atoms with Gasteiger partial charge >= 0.3 is 0 Å².